The van der Waals surface area contributed by atoms with Crippen molar-refractivity contribution in [3.8, 4) is 16.9 Å². The van der Waals surface area contributed by atoms with Gasteiger partial charge in [0.1, 0.15) is 11.8 Å². The van der Waals surface area contributed by atoms with Gasteiger partial charge in [0.25, 0.3) is 0 Å². The van der Waals surface area contributed by atoms with E-state index in [1.54, 1.807) is 7.11 Å². The van der Waals surface area contributed by atoms with Crippen LogP contribution in [0.3, 0.4) is 0 Å². The largest absolute Gasteiger partial charge is 0.497 e. The molecule has 1 unspecified atom stereocenters. The van der Waals surface area contributed by atoms with Gasteiger partial charge >= 0.3 is 17.9 Å². The number of carbonyl (C=O) groups is 3. The first-order valence-electron chi connectivity index (χ1n) is 12.2. The van der Waals surface area contributed by atoms with E-state index in [1.807, 2.05) is 31.2 Å². The van der Waals surface area contributed by atoms with Crippen molar-refractivity contribution in [2.24, 2.45) is 0 Å². The van der Waals surface area contributed by atoms with Gasteiger partial charge < -0.3 is 24.8 Å². The van der Waals surface area contributed by atoms with Gasteiger partial charge in [0.05, 0.1) is 19.8 Å². The molecule has 3 rings (SSSR count). The maximum Gasteiger partial charge on any atom is 0.328 e. The highest BCUT2D eigenvalue weighted by atomic mass is 16.5. The lowest BCUT2D eigenvalue weighted by molar-refractivity contribution is -0.145. The maximum atomic E-state index is 11.5. The summed E-state index contributed by atoms with van der Waals surface area (Å²) in [5.41, 5.74) is 3.47. The SMILES string of the molecule is CCCC(C(=O)O)N1CCC(OCc2ccccc2-c2ccc(OC)cc2)CC1.O=C(O)C=CC(=O)O. The number of piperidine rings is 1. The van der Waals surface area contributed by atoms with E-state index in [2.05, 4.69) is 29.2 Å². The van der Waals surface area contributed by atoms with E-state index in [1.165, 1.54) is 5.56 Å². The maximum absolute atomic E-state index is 11.5. The molecule has 1 atom stereocenters. The van der Waals surface area contributed by atoms with E-state index in [0.29, 0.717) is 25.2 Å². The summed E-state index contributed by atoms with van der Waals surface area (Å²) in [6.45, 7) is 4.15. The monoisotopic (exact) mass is 513 g/mol. The number of rotatable bonds is 11. The zero-order chi connectivity index (χ0) is 27.2. The smallest absolute Gasteiger partial charge is 0.328 e. The first-order valence-corrected chi connectivity index (χ1v) is 12.2. The average molecular weight is 514 g/mol. The van der Waals surface area contributed by atoms with Gasteiger partial charge in [-0.3, -0.25) is 9.69 Å². The number of hydrogen-bond donors (Lipinski definition) is 3. The summed E-state index contributed by atoms with van der Waals surface area (Å²) < 4.78 is 11.5. The number of hydrogen-bond acceptors (Lipinski definition) is 6. The molecule has 1 fully saturated rings. The molecule has 1 aliphatic rings. The average Bonchev–Trinajstić information content (AvgIpc) is 2.90. The molecule has 0 bridgehead atoms. The van der Waals surface area contributed by atoms with Gasteiger partial charge in [0.15, 0.2) is 0 Å². The van der Waals surface area contributed by atoms with Gasteiger partial charge in [-0.25, -0.2) is 9.59 Å². The topological polar surface area (TPSA) is 134 Å². The van der Waals surface area contributed by atoms with Crippen LogP contribution in [0.1, 0.15) is 38.2 Å². The van der Waals surface area contributed by atoms with E-state index in [4.69, 9.17) is 19.7 Å². The molecule has 2 aromatic rings. The van der Waals surface area contributed by atoms with Crippen LogP contribution in [0.25, 0.3) is 11.1 Å². The Bertz CT molecular complexity index is 1030. The zero-order valence-electron chi connectivity index (χ0n) is 21.2. The first kappa shape index (κ1) is 29.5. The third kappa shape index (κ3) is 10.1. The minimum Gasteiger partial charge on any atom is -0.497 e. The van der Waals surface area contributed by atoms with Crippen molar-refractivity contribution in [3.05, 3.63) is 66.2 Å². The number of aliphatic carboxylic acids is 3. The predicted octanol–water partition coefficient (Wildman–Crippen LogP) is 4.31. The number of ether oxygens (including phenoxy) is 2. The number of nitrogens with zero attached hydrogens (tertiary/aromatic N) is 1. The van der Waals surface area contributed by atoms with Crippen molar-refractivity contribution in [1.82, 2.24) is 4.90 Å². The quantitative estimate of drug-likeness (QED) is 0.376. The minimum atomic E-state index is -1.26. The van der Waals surface area contributed by atoms with E-state index in [9.17, 15) is 19.5 Å². The number of methoxy groups -OCH3 is 1. The molecule has 0 amide bonds. The molecular formula is C28H35NO8. The second-order valence-electron chi connectivity index (χ2n) is 8.58. The molecule has 9 nitrogen and oxygen atoms in total. The van der Waals surface area contributed by atoms with Crippen molar-refractivity contribution < 1.29 is 39.2 Å². The molecule has 0 aromatic heterocycles. The summed E-state index contributed by atoms with van der Waals surface area (Å²) in [5, 5.41) is 25.1. The van der Waals surface area contributed by atoms with E-state index >= 15 is 0 Å². The van der Waals surface area contributed by atoms with Crippen molar-refractivity contribution >= 4 is 17.9 Å². The third-order valence-electron chi connectivity index (χ3n) is 6.03. The van der Waals surface area contributed by atoms with Gasteiger partial charge in [-0.15, -0.1) is 0 Å². The number of carboxylic acid groups (broad SMARTS) is 3. The first-order chi connectivity index (χ1) is 17.7. The second-order valence-corrected chi connectivity index (χ2v) is 8.58. The molecule has 37 heavy (non-hydrogen) atoms. The minimum absolute atomic E-state index is 0.172. The molecule has 200 valence electrons. The number of benzene rings is 2. The van der Waals surface area contributed by atoms with Crippen molar-refractivity contribution in [1.29, 1.82) is 0 Å². The van der Waals surface area contributed by atoms with Crippen LogP contribution in [0.15, 0.2) is 60.7 Å². The standard InChI is InChI=1S/C24H31NO4.C4H4O4/c1-3-6-23(24(26)27)25-15-13-21(14-16-25)29-17-19-7-4-5-8-22(19)18-9-11-20(28-2)12-10-18;5-3(6)1-2-4(7)8/h4-5,7-12,21,23H,3,6,13-17H2,1-2H3,(H,26,27);1-2H,(H,5,6)(H,7,8). The van der Waals surface area contributed by atoms with Crippen LogP contribution in [-0.2, 0) is 25.7 Å². The fourth-order valence-electron chi connectivity index (χ4n) is 4.14. The van der Waals surface area contributed by atoms with Gasteiger partial charge in [-0.05, 0) is 48.1 Å². The molecule has 0 aliphatic carbocycles. The van der Waals surface area contributed by atoms with E-state index in [0.717, 1.165) is 49.2 Å². The lowest BCUT2D eigenvalue weighted by atomic mass is 9.99. The number of likely N-dealkylation sites (tertiary alicyclic amines) is 1. The summed E-state index contributed by atoms with van der Waals surface area (Å²) in [6.07, 6.45) is 4.62. The Morgan fingerprint density at radius 2 is 1.57 bits per heavy atom. The second kappa shape index (κ2) is 15.4. The molecule has 0 radical (unpaired) electrons. The Morgan fingerprint density at radius 1 is 0.973 bits per heavy atom. The Kier molecular flexibility index (Phi) is 12.3. The van der Waals surface area contributed by atoms with Crippen LogP contribution >= 0.6 is 0 Å². The molecule has 1 aliphatic heterocycles. The summed E-state index contributed by atoms with van der Waals surface area (Å²) in [6, 6.07) is 16.0. The molecule has 1 heterocycles. The molecule has 1 saturated heterocycles. The molecule has 0 saturated carbocycles. The van der Waals surface area contributed by atoms with Gasteiger partial charge in [-0.1, -0.05) is 49.7 Å². The summed E-state index contributed by atoms with van der Waals surface area (Å²) in [4.78, 5) is 32.7. The zero-order valence-corrected chi connectivity index (χ0v) is 21.2. The molecule has 3 N–H and O–H groups in total. The Balaban J connectivity index is 0.000000521. The third-order valence-corrected chi connectivity index (χ3v) is 6.03. The summed E-state index contributed by atoms with van der Waals surface area (Å²) in [5.74, 6) is -2.38. The normalized spacial score (nSPS) is 15.0. The fourth-order valence-corrected chi connectivity index (χ4v) is 4.14. The highest BCUT2D eigenvalue weighted by molar-refractivity contribution is 5.89. The summed E-state index contributed by atoms with van der Waals surface area (Å²) >= 11 is 0. The van der Waals surface area contributed by atoms with E-state index in [-0.39, 0.29) is 12.1 Å². The van der Waals surface area contributed by atoms with E-state index < -0.39 is 17.9 Å². The van der Waals surface area contributed by atoms with Crippen LogP contribution in [-0.4, -0.2) is 70.5 Å². The van der Waals surface area contributed by atoms with Crippen LogP contribution in [0.5, 0.6) is 5.75 Å². The molecule has 9 heteroatoms. The summed E-state index contributed by atoms with van der Waals surface area (Å²) in [7, 11) is 1.67. The highest BCUT2D eigenvalue weighted by Crippen LogP contribution is 2.27. The van der Waals surface area contributed by atoms with Crippen molar-refractivity contribution in [2.75, 3.05) is 20.2 Å². The molecule has 0 spiro atoms. The Labute approximate surface area is 216 Å². The van der Waals surface area contributed by atoms with Crippen LogP contribution < -0.4 is 4.74 Å². The Morgan fingerprint density at radius 3 is 2.08 bits per heavy atom. The van der Waals surface area contributed by atoms with Gasteiger partial charge in [-0.2, -0.15) is 0 Å². The van der Waals surface area contributed by atoms with Crippen LogP contribution in [0.4, 0.5) is 0 Å². The van der Waals surface area contributed by atoms with Crippen molar-refractivity contribution in [2.45, 2.75) is 51.4 Å². The lowest BCUT2D eigenvalue weighted by Gasteiger charge is -2.35. The van der Waals surface area contributed by atoms with Gasteiger partial charge in [0.2, 0.25) is 0 Å². The Hall–Kier alpha value is -3.69. The highest BCUT2D eigenvalue weighted by Gasteiger charge is 2.29. The van der Waals surface area contributed by atoms with Gasteiger partial charge in [0, 0.05) is 25.2 Å². The predicted molar refractivity (Wildman–Crippen MR) is 139 cm³/mol. The van der Waals surface area contributed by atoms with Crippen molar-refractivity contribution in [3.63, 3.8) is 0 Å². The molecule has 2 aromatic carbocycles. The van der Waals surface area contributed by atoms with Crippen LogP contribution in [0.2, 0.25) is 0 Å². The number of carboxylic acids is 3. The lowest BCUT2D eigenvalue weighted by Crippen LogP contribution is -2.47. The van der Waals surface area contributed by atoms with Crippen LogP contribution in [0, 0.1) is 0 Å². The fraction of sp³-hybridized carbons (Fsp3) is 0.393. The molecular weight excluding hydrogens is 478 g/mol.